The topological polar surface area (TPSA) is 92.2 Å². The maximum atomic E-state index is 13.2. The van der Waals surface area contributed by atoms with Crippen molar-refractivity contribution in [3.05, 3.63) is 90.9 Å². The first-order valence-electron chi connectivity index (χ1n) is 10.4. The summed E-state index contributed by atoms with van der Waals surface area (Å²) in [4.78, 5) is 38.7. The Hall–Kier alpha value is -2.95. The van der Waals surface area contributed by atoms with Gasteiger partial charge in [0.2, 0.25) is 0 Å². The van der Waals surface area contributed by atoms with Crippen LogP contribution in [0.1, 0.15) is 21.6 Å². The lowest BCUT2D eigenvalue weighted by atomic mass is 10.2. The lowest BCUT2D eigenvalue weighted by molar-refractivity contribution is -0.133. The molecular weight excluding hydrogens is 644 g/mol. The van der Waals surface area contributed by atoms with Crippen molar-refractivity contribution in [3.63, 3.8) is 0 Å². The highest BCUT2D eigenvalue weighted by Crippen LogP contribution is 2.27. The molecule has 4 rings (SSSR count). The van der Waals surface area contributed by atoms with E-state index in [1.165, 1.54) is 4.68 Å². The van der Waals surface area contributed by atoms with Crippen LogP contribution >= 0.6 is 47.8 Å². The number of halogens is 3. The van der Waals surface area contributed by atoms with E-state index in [0.29, 0.717) is 26.8 Å². The van der Waals surface area contributed by atoms with Gasteiger partial charge < -0.3 is 10.6 Å². The number of amides is 3. The molecule has 3 N–H and O–H groups in total. The van der Waals surface area contributed by atoms with Crippen LogP contribution in [0.5, 0.6) is 0 Å². The zero-order valence-corrected chi connectivity index (χ0v) is 23.3. The molecule has 35 heavy (non-hydrogen) atoms. The van der Waals surface area contributed by atoms with Gasteiger partial charge in [-0.25, -0.2) is 4.68 Å². The minimum Gasteiger partial charge on any atom is -0.320 e. The van der Waals surface area contributed by atoms with Gasteiger partial charge in [-0.3, -0.25) is 19.8 Å². The van der Waals surface area contributed by atoms with E-state index in [-0.39, 0.29) is 5.69 Å². The molecule has 0 radical (unpaired) electrons. The number of aromatic nitrogens is 1. The zero-order chi connectivity index (χ0) is 25.3. The third-order valence-corrected chi connectivity index (χ3v) is 6.97. The Morgan fingerprint density at radius 2 is 1.31 bits per heavy atom. The second kappa shape index (κ2) is 10.3. The second-order valence-electron chi connectivity index (χ2n) is 7.88. The van der Waals surface area contributed by atoms with E-state index in [0.717, 1.165) is 20.1 Å². The first kappa shape index (κ1) is 25.2. The Morgan fingerprint density at radius 1 is 0.714 bits per heavy atom. The number of anilines is 2. The van der Waals surface area contributed by atoms with Gasteiger partial charge >= 0.3 is 11.8 Å². The van der Waals surface area contributed by atoms with Crippen LogP contribution in [0.25, 0.3) is 10.9 Å². The van der Waals surface area contributed by atoms with Crippen LogP contribution in [0.2, 0.25) is 0 Å². The first-order valence-corrected chi connectivity index (χ1v) is 12.8. The van der Waals surface area contributed by atoms with Gasteiger partial charge in [-0.1, -0.05) is 28.1 Å². The number of hydrogen-bond donors (Lipinski definition) is 3. The zero-order valence-electron chi connectivity index (χ0n) is 18.6. The van der Waals surface area contributed by atoms with Crippen LogP contribution in [0.15, 0.2) is 74.1 Å². The summed E-state index contributed by atoms with van der Waals surface area (Å²) < 4.78 is 3.50. The number of fused-ring (bicyclic) bond motifs is 1. The fraction of sp³-hybridized carbons (Fsp3) is 0.0800. The molecule has 1 heterocycles. The van der Waals surface area contributed by atoms with Crippen LogP contribution in [-0.2, 0) is 9.59 Å². The largest absolute Gasteiger partial charge is 0.328 e. The van der Waals surface area contributed by atoms with Crippen LogP contribution < -0.4 is 16.1 Å². The molecule has 0 atom stereocenters. The van der Waals surface area contributed by atoms with Crippen molar-refractivity contribution in [2.45, 2.75) is 13.8 Å². The van der Waals surface area contributed by atoms with E-state index < -0.39 is 17.7 Å². The summed E-state index contributed by atoms with van der Waals surface area (Å²) in [7, 11) is 0. The molecule has 0 bridgehead atoms. The minimum atomic E-state index is -0.927. The SMILES string of the molecule is Cc1ccc(NC(=O)C(=O)Nn2c(C(=O)Nc3ccc(C)cc3Br)cc3cc(Br)ccc32)c(Br)c1. The highest BCUT2D eigenvalue weighted by molar-refractivity contribution is 9.11. The standard InChI is InChI=1S/C25H19Br3N4O3/c1-13-3-6-19(17(27)9-13)29-23(33)22-12-15-11-16(26)5-8-21(15)32(22)31-25(35)24(34)30-20-7-4-14(2)10-18(20)28/h3-12H,1-2H3,(H,29,33)(H,30,34)(H,31,35). The van der Waals surface area contributed by atoms with E-state index in [9.17, 15) is 14.4 Å². The Kier molecular flexibility index (Phi) is 7.44. The molecule has 10 heteroatoms. The Labute approximate surface area is 226 Å². The lowest BCUT2D eigenvalue weighted by Gasteiger charge is -2.14. The number of nitrogens with zero attached hydrogens (tertiary/aromatic N) is 1. The number of carbonyl (C=O) groups excluding carboxylic acids is 3. The van der Waals surface area contributed by atoms with Crippen LogP contribution in [-0.4, -0.2) is 22.4 Å². The molecule has 178 valence electrons. The smallest absolute Gasteiger partial charge is 0.320 e. The third kappa shape index (κ3) is 5.66. The van der Waals surface area contributed by atoms with E-state index in [1.54, 1.807) is 30.3 Å². The summed E-state index contributed by atoms with van der Waals surface area (Å²) >= 11 is 10.3. The molecule has 0 aliphatic heterocycles. The number of rotatable bonds is 4. The molecule has 7 nitrogen and oxygen atoms in total. The molecule has 0 spiro atoms. The third-order valence-electron chi connectivity index (χ3n) is 5.16. The Morgan fingerprint density at radius 3 is 1.91 bits per heavy atom. The van der Waals surface area contributed by atoms with Gasteiger partial charge in [-0.05, 0) is 105 Å². The van der Waals surface area contributed by atoms with Gasteiger partial charge in [0.25, 0.3) is 5.91 Å². The van der Waals surface area contributed by atoms with E-state index in [1.807, 2.05) is 44.2 Å². The number of benzene rings is 3. The van der Waals surface area contributed by atoms with Crippen molar-refractivity contribution in [2.75, 3.05) is 16.1 Å². The van der Waals surface area contributed by atoms with Crippen molar-refractivity contribution in [1.82, 2.24) is 4.68 Å². The number of nitrogens with one attached hydrogen (secondary N) is 3. The predicted octanol–water partition coefficient (Wildman–Crippen LogP) is 6.51. The predicted molar refractivity (Wildman–Crippen MR) is 148 cm³/mol. The van der Waals surface area contributed by atoms with Gasteiger partial charge in [-0.15, -0.1) is 0 Å². The fourth-order valence-corrected chi connectivity index (χ4v) is 5.00. The number of aryl methyl sites for hydroxylation is 2. The Bertz CT molecular complexity index is 1500. The average molecular weight is 663 g/mol. The normalized spacial score (nSPS) is 10.8. The molecule has 0 aliphatic rings. The van der Waals surface area contributed by atoms with Gasteiger partial charge in [0.05, 0.1) is 16.9 Å². The van der Waals surface area contributed by atoms with Crippen molar-refractivity contribution in [2.24, 2.45) is 0 Å². The average Bonchev–Trinajstić information content (AvgIpc) is 3.14. The molecule has 0 unspecified atom stereocenters. The van der Waals surface area contributed by atoms with Gasteiger partial charge in [0, 0.05) is 18.8 Å². The highest BCUT2D eigenvalue weighted by Gasteiger charge is 2.22. The van der Waals surface area contributed by atoms with Crippen LogP contribution in [0.3, 0.4) is 0 Å². The van der Waals surface area contributed by atoms with Crippen LogP contribution in [0, 0.1) is 13.8 Å². The summed E-state index contributed by atoms with van der Waals surface area (Å²) in [5.74, 6) is -2.26. The fourth-order valence-electron chi connectivity index (χ4n) is 3.43. The highest BCUT2D eigenvalue weighted by atomic mass is 79.9. The minimum absolute atomic E-state index is 0.156. The number of carbonyl (C=O) groups is 3. The van der Waals surface area contributed by atoms with Gasteiger partial charge in [0.1, 0.15) is 5.69 Å². The maximum Gasteiger partial charge on any atom is 0.328 e. The summed E-state index contributed by atoms with van der Waals surface area (Å²) in [6.45, 7) is 3.86. The molecule has 1 aromatic heterocycles. The molecule has 4 aromatic rings. The molecule has 0 saturated carbocycles. The van der Waals surface area contributed by atoms with Crippen molar-refractivity contribution in [1.29, 1.82) is 0 Å². The summed E-state index contributed by atoms with van der Waals surface area (Å²) in [5.41, 5.74) is 6.34. The quantitative estimate of drug-likeness (QED) is 0.218. The molecular formula is C25H19Br3N4O3. The molecule has 3 amide bonds. The Balaban J connectivity index is 1.64. The summed E-state index contributed by atoms with van der Waals surface area (Å²) in [5, 5.41) is 6.13. The summed E-state index contributed by atoms with van der Waals surface area (Å²) in [6.07, 6.45) is 0. The van der Waals surface area contributed by atoms with E-state index in [4.69, 9.17) is 0 Å². The second-order valence-corrected chi connectivity index (χ2v) is 10.5. The molecule has 3 aromatic carbocycles. The van der Waals surface area contributed by atoms with Crippen LogP contribution in [0.4, 0.5) is 11.4 Å². The molecule has 0 saturated heterocycles. The maximum absolute atomic E-state index is 13.2. The molecule has 0 aliphatic carbocycles. The van der Waals surface area contributed by atoms with Crippen molar-refractivity contribution >= 4 is 87.8 Å². The number of hydrogen-bond acceptors (Lipinski definition) is 3. The first-order chi connectivity index (χ1) is 16.6. The summed E-state index contributed by atoms with van der Waals surface area (Å²) in [6, 6.07) is 17.9. The monoisotopic (exact) mass is 660 g/mol. The lowest BCUT2D eigenvalue weighted by Crippen LogP contribution is -2.36. The van der Waals surface area contributed by atoms with Gasteiger partial charge in [-0.2, -0.15) is 0 Å². The molecule has 0 fully saturated rings. The van der Waals surface area contributed by atoms with E-state index >= 15 is 0 Å². The van der Waals surface area contributed by atoms with Gasteiger partial charge in [0.15, 0.2) is 0 Å². The van der Waals surface area contributed by atoms with Crippen molar-refractivity contribution in [3.8, 4) is 0 Å². The van der Waals surface area contributed by atoms with Crippen molar-refractivity contribution < 1.29 is 14.4 Å². The van der Waals surface area contributed by atoms with E-state index in [2.05, 4.69) is 63.8 Å².